The first-order valence-electron chi connectivity index (χ1n) is 5.19. The first-order chi connectivity index (χ1) is 7.60. The summed E-state index contributed by atoms with van der Waals surface area (Å²) in [5.74, 6) is 0.743. The molecular weight excluding hydrogens is 204 g/mol. The average molecular weight is 222 g/mol. The Morgan fingerprint density at radius 3 is 2.44 bits per heavy atom. The maximum atomic E-state index is 11.4. The number of carbonyl (C=O) groups is 1. The van der Waals surface area contributed by atoms with Gasteiger partial charge in [0, 0.05) is 7.05 Å². The molecule has 4 nitrogen and oxygen atoms in total. The topological polar surface area (TPSA) is 55.6 Å². The minimum absolute atomic E-state index is 0.0157. The fourth-order valence-corrected chi connectivity index (χ4v) is 1.47. The van der Waals surface area contributed by atoms with Crippen LogP contribution in [0.25, 0.3) is 0 Å². The smallest absolute Gasteiger partial charge is 0.236 e. The summed E-state index contributed by atoms with van der Waals surface area (Å²) in [6.45, 7) is 2.01. The lowest BCUT2D eigenvalue weighted by Crippen LogP contribution is -2.34. The molecule has 4 heteroatoms. The molecule has 1 aromatic carbocycles. The molecule has 1 unspecified atom stereocenters. The Morgan fingerprint density at radius 1 is 1.44 bits per heavy atom. The highest BCUT2D eigenvalue weighted by molar-refractivity contribution is 5.78. The van der Waals surface area contributed by atoms with Crippen LogP contribution in [0.4, 0.5) is 0 Å². The van der Waals surface area contributed by atoms with E-state index in [9.17, 15) is 4.79 Å². The number of methoxy groups -OCH3 is 1. The van der Waals surface area contributed by atoms with Gasteiger partial charge in [-0.2, -0.15) is 0 Å². The van der Waals surface area contributed by atoms with E-state index in [2.05, 4.69) is 0 Å². The summed E-state index contributed by atoms with van der Waals surface area (Å²) in [7, 11) is 3.38. The highest BCUT2D eigenvalue weighted by atomic mass is 16.5. The average Bonchev–Trinajstić information content (AvgIpc) is 2.36. The summed E-state index contributed by atoms with van der Waals surface area (Å²) >= 11 is 0. The van der Waals surface area contributed by atoms with E-state index >= 15 is 0 Å². The third-order valence-electron chi connectivity index (χ3n) is 2.75. The summed E-state index contributed by atoms with van der Waals surface area (Å²) in [5, 5.41) is 0. The van der Waals surface area contributed by atoms with E-state index < -0.39 is 0 Å². The van der Waals surface area contributed by atoms with Crippen molar-refractivity contribution in [2.24, 2.45) is 5.73 Å². The number of amides is 1. The molecule has 0 radical (unpaired) electrons. The van der Waals surface area contributed by atoms with Gasteiger partial charge in [0.1, 0.15) is 5.75 Å². The van der Waals surface area contributed by atoms with Gasteiger partial charge < -0.3 is 15.4 Å². The Hall–Kier alpha value is -1.55. The third kappa shape index (κ3) is 2.73. The third-order valence-corrected chi connectivity index (χ3v) is 2.75. The number of hydrogen-bond donors (Lipinski definition) is 1. The van der Waals surface area contributed by atoms with Crippen LogP contribution < -0.4 is 10.5 Å². The predicted molar refractivity (Wildman–Crippen MR) is 63.2 cm³/mol. The van der Waals surface area contributed by atoms with E-state index in [0.717, 1.165) is 11.3 Å². The molecule has 0 aliphatic rings. The van der Waals surface area contributed by atoms with E-state index in [-0.39, 0.29) is 18.5 Å². The second-order valence-corrected chi connectivity index (χ2v) is 3.66. The lowest BCUT2D eigenvalue weighted by molar-refractivity contribution is -0.130. The Bertz CT molecular complexity index is 349. The number of rotatable bonds is 4. The molecule has 0 saturated carbocycles. The molecule has 0 aliphatic heterocycles. The molecule has 2 N–H and O–H groups in total. The molecule has 1 aromatic rings. The Labute approximate surface area is 96.0 Å². The van der Waals surface area contributed by atoms with Crippen molar-refractivity contribution in [2.75, 3.05) is 20.7 Å². The molecule has 1 rings (SSSR count). The van der Waals surface area contributed by atoms with Crippen LogP contribution >= 0.6 is 0 Å². The number of nitrogens with two attached hydrogens (primary N) is 1. The van der Waals surface area contributed by atoms with Gasteiger partial charge in [0.05, 0.1) is 19.7 Å². The van der Waals surface area contributed by atoms with Crippen molar-refractivity contribution in [3.63, 3.8) is 0 Å². The molecule has 0 bridgehead atoms. The van der Waals surface area contributed by atoms with Crippen LogP contribution in [-0.4, -0.2) is 31.5 Å². The van der Waals surface area contributed by atoms with Crippen LogP contribution in [0, 0.1) is 0 Å². The first-order valence-corrected chi connectivity index (χ1v) is 5.19. The second-order valence-electron chi connectivity index (χ2n) is 3.66. The zero-order valence-corrected chi connectivity index (χ0v) is 9.93. The molecule has 1 amide bonds. The van der Waals surface area contributed by atoms with Gasteiger partial charge >= 0.3 is 0 Å². The van der Waals surface area contributed by atoms with E-state index in [1.807, 2.05) is 31.2 Å². The fourth-order valence-electron chi connectivity index (χ4n) is 1.47. The highest BCUT2D eigenvalue weighted by Crippen LogP contribution is 2.21. The molecule has 0 heterocycles. The standard InChI is InChI=1S/C12H18N2O2/c1-9(14(2)12(15)8-13)10-4-6-11(16-3)7-5-10/h4-7,9H,8,13H2,1-3H3. The molecule has 88 valence electrons. The minimum Gasteiger partial charge on any atom is -0.497 e. The zero-order chi connectivity index (χ0) is 12.1. The van der Waals surface area contributed by atoms with Crippen LogP contribution in [0.15, 0.2) is 24.3 Å². The number of carbonyl (C=O) groups excluding carboxylic acids is 1. The SMILES string of the molecule is COc1ccc(C(C)N(C)C(=O)CN)cc1. The lowest BCUT2D eigenvalue weighted by atomic mass is 10.1. The zero-order valence-electron chi connectivity index (χ0n) is 9.93. The quantitative estimate of drug-likeness (QED) is 0.832. The van der Waals surface area contributed by atoms with Gasteiger partial charge in [-0.25, -0.2) is 0 Å². The van der Waals surface area contributed by atoms with Crippen molar-refractivity contribution in [2.45, 2.75) is 13.0 Å². The maximum Gasteiger partial charge on any atom is 0.236 e. The molecule has 16 heavy (non-hydrogen) atoms. The van der Waals surface area contributed by atoms with Crippen molar-refractivity contribution < 1.29 is 9.53 Å². The number of ether oxygens (including phenoxy) is 1. The van der Waals surface area contributed by atoms with Crippen molar-refractivity contribution in [1.29, 1.82) is 0 Å². The molecule has 0 spiro atoms. The molecular formula is C12H18N2O2. The molecule has 0 fully saturated rings. The predicted octanol–water partition coefficient (Wildman–Crippen LogP) is 1.17. The summed E-state index contributed by atoms with van der Waals surface area (Å²) in [5.41, 5.74) is 6.38. The fraction of sp³-hybridized carbons (Fsp3) is 0.417. The normalized spacial score (nSPS) is 12.0. The minimum atomic E-state index is -0.0664. The monoisotopic (exact) mass is 222 g/mol. The van der Waals surface area contributed by atoms with Gasteiger partial charge in [-0.1, -0.05) is 12.1 Å². The van der Waals surface area contributed by atoms with E-state index in [1.54, 1.807) is 19.1 Å². The van der Waals surface area contributed by atoms with Gasteiger partial charge in [-0.15, -0.1) is 0 Å². The van der Waals surface area contributed by atoms with Crippen LogP contribution in [0.5, 0.6) is 5.75 Å². The van der Waals surface area contributed by atoms with Crippen molar-refractivity contribution in [3.8, 4) is 5.75 Å². The summed E-state index contributed by atoms with van der Waals surface area (Å²) < 4.78 is 5.08. The van der Waals surface area contributed by atoms with Gasteiger partial charge in [0.15, 0.2) is 0 Å². The highest BCUT2D eigenvalue weighted by Gasteiger charge is 2.15. The molecule has 0 aromatic heterocycles. The first kappa shape index (κ1) is 12.5. The number of likely N-dealkylation sites (N-methyl/N-ethyl adjacent to an activating group) is 1. The van der Waals surface area contributed by atoms with E-state index in [1.165, 1.54) is 0 Å². The van der Waals surface area contributed by atoms with E-state index in [4.69, 9.17) is 10.5 Å². The van der Waals surface area contributed by atoms with Gasteiger partial charge in [0.2, 0.25) is 5.91 Å². The lowest BCUT2D eigenvalue weighted by Gasteiger charge is -2.24. The number of benzene rings is 1. The summed E-state index contributed by atoms with van der Waals surface area (Å²) in [6.07, 6.45) is 0. The van der Waals surface area contributed by atoms with Crippen molar-refractivity contribution in [1.82, 2.24) is 4.90 Å². The van der Waals surface area contributed by atoms with Crippen molar-refractivity contribution in [3.05, 3.63) is 29.8 Å². The number of nitrogens with zero attached hydrogens (tertiary/aromatic N) is 1. The van der Waals surface area contributed by atoms with E-state index in [0.29, 0.717) is 0 Å². The van der Waals surface area contributed by atoms with Gasteiger partial charge in [0.25, 0.3) is 0 Å². The van der Waals surface area contributed by atoms with Crippen LogP contribution in [-0.2, 0) is 4.79 Å². The van der Waals surface area contributed by atoms with Crippen LogP contribution in [0.3, 0.4) is 0 Å². The molecule has 1 atom stereocenters. The van der Waals surface area contributed by atoms with Crippen LogP contribution in [0.1, 0.15) is 18.5 Å². The maximum absolute atomic E-state index is 11.4. The Morgan fingerprint density at radius 2 is 2.00 bits per heavy atom. The second kappa shape index (κ2) is 5.51. The molecule has 0 aliphatic carbocycles. The summed E-state index contributed by atoms with van der Waals surface area (Å²) in [6, 6.07) is 7.68. The Kier molecular flexibility index (Phi) is 4.31. The van der Waals surface area contributed by atoms with Crippen molar-refractivity contribution >= 4 is 5.91 Å². The summed E-state index contributed by atoms with van der Waals surface area (Å²) in [4.78, 5) is 13.1. The van der Waals surface area contributed by atoms with Gasteiger partial charge in [-0.3, -0.25) is 4.79 Å². The van der Waals surface area contributed by atoms with Gasteiger partial charge in [-0.05, 0) is 24.6 Å². The van der Waals surface area contributed by atoms with Crippen LogP contribution in [0.2, 0.25) is 0 Å². The Balaban J connectivity index is 2.79. The number of hydrogen-bond acceptors (Lipinski definition) is 3. The largest absolute Gasteiger partial charge is 0.497 e. The molecule has 0 saturated heterocycles.